The summed E-state index contributed by atoms with van der Waals surface area (Å²) in [6, 6.07) is 18.3. The molecule has 244 valence electrons. The predicted octanol–water partition coefficient (Wildman–Crippen LogP) is 7.62. The normalized spacial score (nSPS) is 24.1. The molecule has 0 unspecified atom stereocenters. The maximum absolute atomic E-state index is 14.9. The van der Waals surface area contributed by atoms with E-state index in [-0.39, 0.29) is 33.2 Å². The second-order valence-electron chi connectivity index (χ2n) is 14.1. The molecule has 1 amide bonds. The third kappa shape index (κ3) is 5.76. The lowest BCUT2D eigenvalue weighted by Crippen LogP contribution is -2.61. The zero-order chi connectivity index (χ0) is 32.8. The molecule has 0 aromatic heterocycles. The van der Waals surface area contributed by atoms with Crippen LogP contribution in [0.1, 0.15) is 76.1 Å². The molecule has 4 saturated carbocycles. The molecule has 0 saturated heterocycles. The second kappa shape index (κ2) is 12.4. The van der Waals surface area contributed by atoms with Crippen molar-refractivity contribution in [1.82, 2.24) is 0 Å². The van der Waals surface area contributed by atoms with E-state index in [4.69, 9.17) is 5.73 Å². The minimum absolute atomic E-state index is 0.0256. The molecule has 10 heteroatoms. The van der Waals surface area contributed by atoms with Gasteiger partial charge in [-0.25, -0.2) is 8.42 Å². The molecule has 46 heavy (non-hydrogen) atoms. The summed E-state index contributed by atoms with van der Waals surface area (Å²) < 4.78 is 31.2. The number of anilines is 2. The van der Waals surface area contributed by atoms with Crippen LogP contribution in [0.2, 0.25) is 0 Å². The van der Waals surface area contributed by atoms with Crippen LogP contribution >= 0.6 is 0 Å². The molecule has 3 aromatic carbocycles. The van der Waals surface area contributed by atoms with Crippen LogP contribution in [0.4, 0.5) is 17.1 Å². The minimum atomic E-state index is -4.40. The van der Waals surface area contributed by atoms with Gasteiger partial charge in [0.15, 0.2) is 0 Å². The van der Waals surface area contributed by atoms with Crippen LogP contribution in [0.5, 0.6) is 0 Å². The molecular formula is C36H44N4O5S. The number of hydrogen-bond donors (Lipinski definition) is 2. The van der Waals surface area contributed by atoms with E-state index < -0.39 is 26.9 Å². The van der Waals surface area contributed by atoms with E-state index in [2.05, 4.69) is 26.1 Å². The third-order valence-electron chi connectivity index (χ3n) is 11.3. The molecule has 4 atom stereocenters. The predicted molar refractivity (Wildman–Crippen MR) is 181 cm³/mol. The van der Waals surface area contributed by atoms with Crippen molar-refractivity contribution in [3.05, 3.63) is 82.4 Å². The van der Waals surface area contributed by atoms with E-state index >= 15 is 0 Å². The van der Waals surface area contributed by atoms with Crippen LogP contribution in [0.15, 0.2) is 71.6 Å². The number of carbonyl (C=O) groups excluding carboxylic acids is 1. The van der Waals surface area contributed by atoms with Crippen molar-refractivity contribution in [1.29, 1.82) is 0 Å². The van der Waals surface area contributed by atoms with Crippen molar-refractivity contribution in [2.24, 2.45) is 34.8 Å². The minimum Gasteiger partial charge on any atom is -0.379 e. The molecular weight excluding hydrogens is 600 g/mol. The fourth-order valence-electron chi connectivity index (χ4n) is 8.38. The standard InChI is InChI=1S/C36H44N4O5S/c1-23-30-19-27(36(30,2)3)20-32(23)39(33-18-26(14-16-29(33)35(37)41)25-12-8-5-9-13-25)46(44,45)28-15-17-31(34(21-28)40(42)43)38-22-24-10-6-4-7-11-24/h5,8-9,12-18,21,23-24,27,30,32,38H,4,6-7,10-11,19-20,22H2,1-3H3,(H2,37,41)/t23-,27+,30-,32-/m0/s1. The number of primary amides is 1. The Hall–Kier alpha value is -3.92. The van der Waals surface area contributed by atoms with Crippen molar-refractivity contribution in [3.8, 4) is 11.1 Å². The van der Waals surface area contributed by atoms with Crippen LogP contribution < -0.4 is 15.4 Å². The highest BCUT2D eigenvalue weighted by Gasteiger charge is 2.58. The summed E-state index contributed by atoms with van der Waals surface area (Å²) in [5.74, 6) is 0.273. The van der Waals surface area contributed by atoms with Gasteiger partial charge in [0.1, 0.15) is 5.69 Å². The summed E-state index contributed by atoms with van der Waals surface area (Å²) in [6.07, 6.45) is 7.30. The molecule has 2 bridgehead atoms. The molecule has 7 rings (SSSR count). The summed E-state index contributed by atoms with van der Waals surface area (Å²) in [7, 11) is -4.40. The molecule has 0 spiro atoms. The van der Waals surface area contributed by atoms with Crippen molar-refractivity contribution in [2.45, 2.75) is 76.7 Å². The Morgan fingerprint density at radius 1 is 1.00 bits per heavy atom. The Kier molecular flexibility index (Phi) is 8.61. The number of nitrogens with two attached hydrogens (primary N) is 1. The first-order valence-electron chi connectivity index (χ1n) is 16.5. The number of benzene rings is 3. The summed E-state index contributed by atoms with van der Waals surface area (Å²) in [5, 5.41) is 15.5. The van der Waals surface area contributed by atoms with E-state index in [9.17, 15) is 23.3 Å². The maximum atomic E-state index is 14.9. The first kappa shape index (κ1) is 32.0. The quantitative estimate of drug-likeness (QED) is 0.172. The SMILES string of the molecule is C[C@@H]1[C@@H](N(c2cc(-c3ccccc3)ccc2C(N)=O)S(=O)(=O)c2ccc(NCC3CCCCC3)c([N+](=O)[O-])c2)C[C@H]2C[C@@H]1C2(C)C. The van der Waals surface area contributed by atoms with Gasteiger partial charge in [-0.1, -0.05) is 76.4 Å². The number of sulfonamides is 1. The molecule has 9 nitrogen and oxygen atoms in total. The van der Waals surface area contributed by atoms with E-state index in [1.165, 1.54) is 22.9 Å². The van der Waals surface area contributed by atoms with Crippen molar-refractivity contribution in [2.75, 3.05) is 16.2 Å². The van der Waals surface area contributed by atoms with Gasteiger partial charge in [-0.3, -0.25) is 19.2 Å². The third-order valence-corrected chi connectivity index (χ3v) is 13.1. The number of fused-ring (bicyclic) bond motifs is 2. The Morgan fingerprint density at radius 2 is 1.72 bits per heavy atom. The number of hydrogen-bond acceptors (Lipinski definition) is 6. The summed E-state index contributed by atoms with van der Waals surface area (Å²) in [5.41, 5.74) is 7.88. The largest absolute Gasteiger partial charge is 0.379 e. The molecule has 3 aromatic rings. The van der Waals surface area contributed by atoms with Gasteiger partial charge in [-0.2, -0.15) is 0 Å². The van der Waals surface area contributed by atoms with E-state index in [1.54, 1.807) is 18.2 Å². The van der Waals surface area contributed by atoms with Crippen LogP contribution in [0.3, 0.4) is 0 Å². The lowest BCUT2D eigenvalue weighted by atomic mass is 9.44. The molecule has 0 radical (unpaired) electrons. The zero-order valence-corrected chi connectivity index (χ0v) is 27.6. The Labute approximate surface area is 271 Å². The number of amides is 1. The lowest BCUT2D eigenvalue weighted by molar-refractivity contribution is -0.384. The van der Waals surface area contributed by atoms with Crippen LogP contribution in [0, 0.1) is 39.2 Å². The van der Waals surface area contributed by atoms with Gasteiger partial charge >= 0.3 is 0 Å². The zero-order valence-electron chi connectivity index (χ0n) is 26.8. The highest BCUT2D eigenvalue weighted by Crippen LogP contribution is 2.62. The highest BCUT2D eigenvalue weighted by molar-refractivity contribution is 7.92. The average Bonchev–Trinajstić information content (AvgIpc) is 3.04. The van der Waals surface area contributed by atoms with Gasteiger partial charge in [-0.15, -0.1) is 0 Å². The number of rotatable bonds is 10. The number of carbonyl (C=O) groups is 1. The first-order valence-corrected chi connectivity index (χ1v) is 17.9. The number of nitrogens with zero attached hydrogens (tertiary/aromatic N) is 2. The van der Waals surface area contributed by atoms with E-state index in [1.807, 2.05) is 30.3 Å². The van der Waals surface area contributed by atoms with Crippen LogP contribution in [-0.4, -0.2) is 31.8 Å². The van der Waals surface area contributed by atoms with Crippen molar-refractivity contribution >= 4 is 33.0 Å². The van der Waals surface area contributed by atoms with Gasteiger partial charge in [0.25, 0.3) is 21.6 Å². The number of nitro groups is 1. The lowest BCUT2D eigenvalue weighted by Gasteiger charge is -2.63. The van der Waals surface area contributed by atoms with Gasteiger partial charge in [-0.05, 0) is 90.2 Å². The van der Waals surface area contributed by atoms with E-state index in [0.29, 0.717) is 36.4 Å². The smallest absolute Gasteiger partial charge is 0.293 e. The van der Waals surface area contributed by atoms with Crippen LogP contribution in [-0.2, 0) is 10.0 Å². The van der Waals surface area contributed by atoms with Crippen LogP contribution in [0.25, 0.3) is 11.1 Å². The molecule has 4 fully saturated rings. The second-order valence-corrected chi connectivity index (χ2v) is 15.9. The molecule has 0 aliphatic heterocycles. The average molecular weight is 645 g/mol. The molecule has 4 aliphatic rings. The van der Waals surface area contributed by atoms with Gasteiger partial charge < -0.3 is 11.1 Å². The Balaban J connectivity index is 1.46. The Morgan fingerprint density at radius 3 is 2.35 bits per heavy atom. The fraction of sp³-hybridized carbons (Fsp3) is 0.472. The Bertz CT molecular complexity index is 1740. The molecule has 3 N–H and O–H groups in total. The highest BCUT2D eigenvalue weighted by atomic mass is 32.2. The van der Waals surface area contributed by atoms with Gasteiger partial charge in [0, 0.05) is 18.7 Å². The molecule has 0 heterocycles. The summed E-state index contributed by atoms with van der Waals surface area (Å²) in [6.45, 7) is 7.17. The monoisotopic (exact) mass is 644 g/mol. The number of nitro benzene ring substituents is 1. The van der Waals surface area contributed by atoms with Crippen molar-refractivity contribution < 1.29 is 18.1 Å². The van der Waals surface area contributed by atoms with E-state index in [0.717, 1.165) is 49.3 Å². The van der Waals surface area contributed by atoms with Crippen molar-refractivity contribution in [3.63, 3.8) is 0 Å². The molecule has 4 aliphatic carbocycles. The summed E-state index contributed by atoms with van der Waals surface area (Å²) >= 11 is 0. The topological polar surface area (TPSA) is 136 Å². The number of nitrogens with one attached hydrogen (secondary N) is 1. The van der Waals surface area contributed by atoms with Gasteiger partial charge in [0.2, 0.25) is 0 Å². The van der Waals surface area contributed by atoms with Gasteiger partial charge in [0.05, 0.1) is 21.1 Å². The fourth-order valence-corrected chi connectivity index (χ4v) is 10.2. The summed E-state index contributed by atoms with van der Waals surface area (Å²) in [4.78, 5) is 24.5. The maximum Gasteiger partial charge on any atom is 0.293 e. The first-order chi connectivity index (χ1) is 21.9.